The molecule has 0 spiro atoms. The average Bonchev–Trinajstić information content (AvgIpc) is 2.31. The molecule has 96 valence electrons. The summed E-state index contributed by atoms with van der Waals surface area (Å²) < 4.78 is 1.20. The summed E-state index contributed by atoms with van der Waals surface area (Å²) in [6, 6.07) is 8.83. The molecule has 0 saturated heterocycles. The first-order chi connectivity index (χ1) is 8.38. The van der Waals surface area contributed by atoms with Gasteiger partial charge in [-0.2, -0.15) is 0 Å². The lowest BCUT2D eigenvalue weighted by molar-refractivity contribution is 0.590. The Bertz CT molecular complexity index is 504. The molecule has 18 heavy (non-hydrogen) atoms. The van der Waals surface area contributed by atoms with Gasteiger partial charge in [-0.05, 0) is 28.5 Å². The van der Waals surface area contributed by atoms with Gasteiger partial charge in [0, 0.05) is 9.31 Å². The van der Waals surface area contributed by atoms with E-state index in [1.54, 1.807) is 0 Å². The Hall–Kier alpha value is -0.340. The highest BCUT2D eigenvalue weighted by Gasteiger charge is 2.17. The third-order valence-corrected chi connectivity index (χ3v) is 4.56. The normalized spacial score (nSPS) is 20.4. The van der Waals surface area contributed by atoms with Gasteiger partial charge in [-0.3, -0.25) is 0 Å². The quantitative estimate of drug-likeness (QED) is 0.547. The van der Waals surface area contributed by atoms with Crippen molar-refractivity contribution in [3.8, 4) is 0 Å². The topological polar surface area (TPSA) is 0 Å². The molecule has 1 aromatic carbocycles. The first-order valence-corrected chi connectivity index (χ1v) is 7.91. The largest absolute Gasteiger partial charge is 0.0842 e. The van der Waals surface area contributed by atoms with Gasteiger partial charge in [-0.15, -0.1) is 0 Å². The molecular weight excluding hydrogens is 352 g/mol. The van der Waals surface area contributed by atoms with E-state index in [0.29, 0.717) is 4.83 Å². The van der Waals surface area contributed by atoms with Crippen LogP contribution >= 0.6 is 31.9 Å². The van der Waals surface area contributed by atoms with Crippen molar-refractivity contribution >= 4 is 37.4 Å². The van der Waals surface area contributed by atoms with E-state index in [4.69, 9.17) is 0 Å². The molecule has 1 aliphatic rings. The molecule has 1 atom stereocenters. The van der Waals surface area contributed by atoms with E-state index in [-0.39, 0.29) is 5.41 Å². The Morgan fingerprint density at radius 1 is 1.22 bits per heavy atom. The van der Waals surface area contributed by atoms with Crippen molar-refractivity contribution in [2.24, 2.45) is 0 Å². The fraction of sp³-hybridized carbons (Fsp3) is 0.375. The summed E-state index contributed by atoms with van der Waals surface area (Å²) >= 11 is 7.34. The van der Waals surface area contributed by atoms with Crippen LogP contribution in [0.1, 0.15) is 38.3 Å². The Morgan fingerprint density at radius 2 is 1.94 bits per heavy atom. The molecule has 1 aliphatic carbocycles. The van der Waals surface area contributed by atoms with Crippen molar-refractivity contribution in [3.63, 3.8) is 0 Å². The molecule has 0 fully saturated rings. The molecule has 0 bridgehead atoms. The minimum absolute atomic E-state index is 0.190. The number of benzene rings is 1. The molecule has 0 nitrogen and oxygen atoms in total. The maximum atomic E-state index is 3.67. The van der Waals surface area contributed by atoms with Crippen molar-refractivity contribution in [2.75, 3.05) is 0 Å². The Morgan fingerprint density at radius 3 is 2.61 bits per heavy atom. The van der Waals surface area contributed by atoms with E-state index in [2.05, 4.69) is 89.0 Å². The summed E-state index contributed by atoms with van der Waals surface area (Å²) in [5, 5.41) is 0. The fourth-order valence-corrected chi connectivity index (χ4v) is 3.04. The van der Waals surface area contributed by atoms with Gasteiger partial charge in [0.1, 0.15) is 0 Å². The van der Waals surface area contributed by atoms with Crippen LogP contribution in [0.25, 0.3) is 5.57 Å². The van der Waals surface area contributed by atoms with Crippen LogP contribution in [0.2, 0.25) is 0 Å². The molecule has 2 rings (SSSR count). The predicted molar refractivity (Wildman–Crippen MR) is 87.5 cm³/mol. The second kappa shape index (κ2) is 5.34. The van der Waals surface area contributed by atoms with Gasteiger partial charge in [-0.1, -0.05) is 89.0 Å². The van der Waals surface area contributed by atoms with Gasteiger partial charge in [0.15, 0.2) is 0 Å². The fourth-order valence-electron chi connectivity index (χ4n) is 2.04. The molecule has 0 saturated carbocycles. The summed E-state index contributed by atoms with van der Waals surface area (Å²) in [7, 11) is 0. The van der Waals surface area contributed by atoms with E-state index >= 15 is 0 Å². The summed E-state index contributed by atoms with van der Waals surface area (Å²) in [6.45, 7) is 6.75. The maximum absolute atomic E-state index is 3.67. The van der Waals surface area contributed by atoms with E-state index in [0.717, 1.165) is 6.42 Å². The molecule has 1 unspecified atom stereocenters. The van der Waals surface area contributed by atoms with E-state index in [1.165, 1.54) is 21.2 Å². The number of hydrogen-bond donors (Lipinski definition) is 0. The Labute approximate surface area is 126 Å². The molecular formula is C16H18Br2. The molecule has 0 N–H and O–H groups in total. The van der Waals surface area contributed by atoms with Crippen LogP contribution in [0.4, 0.5) is 0 Å². The van der Waals surface area contributed by atoms with Crippen LogP contribution in [-0.4, -0.2) is 4.83 Å². The van der Waals surface area contributed by atoms with Gasteiger partial charge in [0.25, 0.3) is 0 Å². The van der Waals surface area contributed by atoms with E-state index in [1.807, 2.05) is 0 Å². The standard InChI is InChI=1S/C16H18Br2/c1-16(2,3)12-6-4-5-11(9-12)14-10-13(17)7-8-15(14)18/h4-6,8-10,13H,7H2,1-3H3. The lowest BCUT2D eigenvalue weighted by atomic mass is 9.85. The first kappa shape index (κ1) is 14.1. The van der Waals surface area contributed by atoms with Gasteiger partial charge in [0.2, 0.25) is 0 Å². The summed E-state index contributed by atoms with van der Waals surface area (Å²) in [5.41, 5.74) is 4.14. The summed E-state index contributed by atoms with van der Waals surface area (Å²) in [6.07, 6.45) is 5.56. The molecule has 0 radical (unpaired) electrons. The van der Waals surface area contributed by atoms with Gasteiger partial charge < -0.3 is 0 Å². The van der Waals surface area contributed by atoms with Crippen molar-refractivity contribution in [1.82, 2.24) is 0 Å². The molecule has 2 heteroatoms. The highest BCUT2D eigenvalue weighted by atomic mass is 79.9. The van der Waals surface area contributed by atoms with Crippen LogP contribution in [0.5, 0.6) is 0 Å². The van der Waals surface area contributed by atoms with Crippen molar-refractivity contribution < 1.29 is 0 Å². The predicted octanol–water partition coefficient (Wildman–Crippen LogP) is 5.81. The van der Waals surface area contributed by atoms with E-state index < -0.39 is 0 Å². The Balaban J connectivity index is 2.43. The highest BCUT2D eigenvalue weighted by Crippen LogP contribution is 2.35. The number of halogens is 2. The van der Waals surface area contributed by atoms with Crippen molar-refractivity contribution in [1.29, 1.82) is 0 Å². The first-order valence-electron chi connectivity index (χ1n) is 6.21. The zero-order chi connectivity index (χ0) is 13.3. The second-order valence-corrected chi connectivity index (χ2v) is 7.75. The third-order valence-electron chi connectivity index (χ3n) is 3.17. The van der Waals surface area contributed by atoms with Crippen molar-refractivity contribution in [3.05, 3.63) is 52.0 Å². The second-order valence-electron chi connectivity index (χ2n) is 5.71. The minimum atomic E-state index is 0.190. The number of rotatable bonds is 1. The molecule has 0 amide bonds. The van der Waals surface area contributed by atoms with Gasteiger partial charge >= 0.3 is 0 Å². The van der Waals surface area contributed by atoms with Crippen LogP contribution in [0.15, 0.2) is 40.9 Å². The molecule has 0 aliphatic heterocycles. The smallest absolute Gasteiger partial charge is 0.0369 e. The molecule has 1 aromatic rings. The maximum Gasteiger partial charge on any atom is 0.0369 e. The SMILES string of the molecule is CC(C)(C)c1cccc(C2=CC(Br)CC=C2Br)c1. The molecule has 0 heterocycles. The number of hydrogen-bond acceptors (Lipinski definition) is 0. The monoisotopic (exact) mass is 368 g/mol. The average molecular weight is 370 g/mol. The molecule has 0 aromatic heterocycles. The lowest BCUT2D eigenvalue weighted by Crippen LogP contribution is -2.11. The number of alkyl halides is 1. The third kappa shape index (κ3) is 3.16. The van der Waals surface area contributed by atoms with Gasteiger partial charge in [0.05, 0.1) is 0 Å². The van der Waals surface area contributed by atoms with E-state index in [9.17, 15) is 0 Å². The van der Waals surface area contributed by atoms with Gasteiger partial charge in [-0.25, -0.2) is 0 Å². The lowest BCUT2D eigenvalue weighted by Gasteiger charge is -2.21. The van der Waals surface area contributed by atoms with Crippen LogP contribution < -0.4 is 0 Å². The zero-order valence-electron chi connectivity index (χ0n) is 11.0. The highest BCUT2D eigenvalue weighted by molar-refractivity contribution is 9.12. The van der Waals surface area contributed by atoms with Crippen LogP contribution in [0.3, 0.4) is 0 Å². The summed E-state index contributed by atoms with van der Waals surface area (Å²) in [5.74, 6) is 0. The van der Waals surface area contributed by atoms with Crippen molar-refractivity contribution in [2.45, 2.75) is 37.4 Å². The Kier molecular flexibility index (Phi) is 4.18. The zero-order valence-corrected chi connectivity index (χ0v) is 14.2. The summed E-state index contributed by atoms with van der Waals surface area (Å²) in [4.78, 5) is 0.437. The minimum Gasteiger partial charge on any atom is -0.0842 e. The van der Waals surface area contributed by atoms with Crippen LogP contribution in [0, 0.1) is 0 Å². The van der Waals surface area contributed by atoms with Crippen LogP contribution in [-0.2, 0) is 5.41 Å². The number of allylic oxidation sites excluding steroid dienone is 4.